The van der Waals surface area contributed by atoms with Gasteiger partial charge in [0, 0.05) is 11.6 Å². The Balaban J connectivity index is 1.99. The molecule has 10 nitrogen and oxygen atoms in total. The summed E-state index contributed by atoms with van der Waals surface area (Å²) < 4.78 is 11.9. The number of hydrogen-bond donors (Lipinski definition) is 1. The van der Waals surface area contributed by atoms with Crippen molar-refractivity contribution in [1.29, 1.82) is 0 Å². The van der Waals surface area contributed by atoms with Crippen LogP contribution in [0.4, 0.5) is 5.69 Å². The predicted molar refractivity (Wildman–Crippen MR) is 112 cm³/mol. The molecule has 0 saturated carbocycles. The van der Waals surface area contributed by atoms with Gasteiger partial charge in [-0.1, -0.05) is 30.3 Å². The molecule has 0 unspecified atom stereocenters. The molecule has 0 aliphatic rings. The number of rotatable bonds is 7. The number of methoxy groups -OCH3 is 1. The van der Waals surface area contributed by atoms with E-state index in [1.165, 1.54) is 32.4 Å². The molecule has 2 aromatic carbocycles. The van der Waals surface area contributed by atoms with E-state index >= 15 is 0 Å². The predicted octanol–water partition coefficient (Wildman–Crippen LogP) is 2.99. The summed E-state index contributed by atoms with van der Waals surface area (Å²) in [6, 6.07) is 12.0. The van der Waals surface area contributed by atoms with Gasteiger partial charge in [0.2, 0.25) is 10.5 Å². The highest BCUT2D eigenvalue weighted by molar-refractivity contribution is 7.71. The van der Waals surface area contributed by atoms with Gasteiger partial charge in [-0.25, -0.2) is 0 Å². The zero-order valence-corrected chi connectivity index (χ0v) is 16.9. The number of aromatic amines is 1. The maximum atomic E-state index is 12.1. The summed E-state index contributed by atoms with van der Waals surface area (Å²) in [6.07, 6.45) is 1.26. The Hall–Kier alpha value is -3.86. The number of nitro benzene ring substituents is 1. The summed E-state index contributed by atoms with van der Waals surface area (Å²) in [4.78, 5) is 23.2. The van der Waals surface area contributed by atoms with Crippen LogP contribution in [0.1, 0.15) is 16.8 Å². The van der Waals surface area contributed by atoms with Gasteiger partial charge in [0.1, 0.15) is 12.3 Å². The van der Waals surface area contributed by atoms with Gasteiger partial charge >= 0.3 is 5.69 Å². The van der Waals surface area contributed by atoms with Gasteiger partial charge < -0.3 is 9.47 Å². The Morgan fingerprint density at radius 1 is 1.33 bits per heavy atom. The van der Waals surface area contributed by atoms with E-state index < -0.39 is 10.5 Å². The molecule has 0 atom stereocenters. The van der Waals surface area contributed by atoms with Crippen LogP contribution in [0.5, 0.6) is 11.5 Å². The molecular weight excluding hydrogens is 410 g/mol. The van der Waals surface area contributed by atoms with Gasteiger partial charge in [0.15, 0.2) is 5.75 Å². The van der Waals surface area contributed by atoms with Crippen LogP contribution in [0.25, 0.3) is 0 Å². The molecule has 3 aromatic rings. The minimum atomic E-state index is -0.574. The Morgan fingerprint density at radius 3 is 2.73 bits per heavy atom. The molecule has 1 heterocycles. The summed E-state index contributed by atoms with van der Waals surface area (Å²) in [5.41, 5.74) is 0.547. The van der Waals surface area contributed by atoms with Crippen LogP contribution in [0.2, 0.25) is 0 Å². The summed E-state index contributed by atoms with van der Waals surface area (Å²) in [5, 5.41) is 21.9. The number of benzene rings is 2. The van der Waals surface area contributed by atoms with Gasteiger partial charge in [-0.15, -0.1) is 0 Å². The van der Waals surface area contributed by atoms with E-state index in [4.69, 9.17) is 21.7 Å². The molecule has 0 bridgehead atoms. The largest absolute Gasteiger partial charge is 0.493 e. The Kier molecular flexibility index (Phi) is 6.32. The smallest absolute Gasteiger partial charge is 0.315 e. The van der Waals surface area contributed by atoms with E-state index in [1.54, 1.807) is 0 Å². The normalized spacial score (nSPS) is 10.9. The zero-order valence-electron chi connectivity index (χ0n) is 16.1. The van der Waals surface area contributed by atoms with Crippen molar-refractivity contribution in [2.24, 2.45) is 5.10 Å². The van der Waals surface area contributed by atoms with Crippen molar-refractivity contribution in [3.05, 3.63) is 84.5 Å². The molecule has 0 aliphatic heterocycles. The van der Waals surface area contributed by atoms with Crippen molar-refractivity contribution < 1.29 is 14.4 Å². The number of nitro groups is 1. The third-order valence-electron chi connectivity index (χ3n) is 4.04. The van der Waals surface area contributed by atoms with Crippen LogP contribution in [0.15, 0.2) is 52.4 Å². The average molecular weight is 427 g/mol. The van der Waals surface area contributed by atoms with E-state index in [0.717, 1.165) is 10.2 Å². The molecule has 0 saturated heterocycles. The second-order valence-electron chi connectivity index (χ2n) is 6.08. The number of nitrogens with one attached hydrogen (secondary N) is 1. The summed E-state index contributed by atoms with van der Waals surface area (Å²) in [7, 11) is 1.38. The first-order chi connectivity index (χ1) is 14.4. The average Bonchev–Trinajstić information content (AvgIpc) is 2.75. The molecule has 0 amide bonds. The molecule has 0 fully saturated rings. The van der Waals surface area contributed by atoms with Gasteiger partial charge in [0.05, 0.1) is 18.2 Å². The summed E-state index contributed by atoms with van der Waals surface area (Å²) in [5.74, 6) is 0.155. The first kappa shape index (κ1) is 20.9. The monoisotopic (exact) mass is 427 g/mol. The van der Waals surface area contributed by atoms with Crippen molar-refractivity contribution in [3.8, 4) is 11.5 Å². The van der Waals surface area contributed by atoms with Gasteiger partial charge in [-0.05, 0) is 30.8 Å². The third-order valence-corrected chi connectivity index (χ3v) is 4.30. The topological polar surface area (TPSA) is 125 Å². The second kappa shape index (κ2) is 9.09. The Morgan fingerprint density at radius 2 is 2.07 bits per heavy atom. The van der Waals surface area contributed by atoms with Crippen LogP contribution in [0, 0.1) is 21.8 Å². The van der Waals surface area contributed by atoms with E-state index in [9.17, 15) is 14.9 Å². The molecule has 3 rings (SSSR count). The number of ether oxygens (including phenoxy) is 2. The molecule has 0 aliphatic carbocycles. The van der Waals surface area contributed by atoms with E-state index in [2.05, 4.69) is 15.3 Å². The Labute approximate surface area is 175 Å². The van der Waals surface area contributed by atoms with Crippen molar-refractivity contribution in [2.75, 3.05) is 7.11 Å². The molecule has 30 heavy (non-hydrogen) atoms. The van der Waals surface area contributed by atoms with E-state index in [-0.39, 0.29) is 34.3 Å². The van der Waals surface area contributed by atoms with Crippen LogP contribution in [0.3, 0.4) is 0 Å². The van der Waals surface area contributed by atoms with Crippen molar-refractivity contribution in [1.82, 2.24) is 14.9 Å². The number of nitrogens with zero attached hydrogens (tertiary/aromatic N) is 4. The van der Waals surface area contributed by atoms with Crippen LogP contribution in [-0.2, 0) is 6.61 Å². The lowest BCUT2D eigenvalue weighted by Crippen LogP contribution is -2.22. The van der Waals surface area contributed by atoms with Crippen LogP contribution >= 0.6 is 12.2 Å². The summed E-state index contributed by atoms with van der Waals surface area (Å²) >= 11 is 5.01. The lowest BCUT2D eigenvalue weighted by Gasteiger charge is -2.12. The number of aryl methyl sites for hydroxylation is 1. The van der Waals surface area contributed by atoms with E-state index in [1.807, 2.05) is 30.3 Å². The summed E-state index contributed by atoms with van der Waals surface area (Å²) in [6.45, 7) is 1.64. The highest BCUT2D eigenvalue weighted by atomic mass is 32.1. The van der Waals surface area contributed by atoms with Gasteiger partial charge in [-0.3, -0.25) is 20.0 Å². The molecule has 1 aromatic heterocycles. The first-order valence-corrected chi connectivity index (χ1v) is 9.07. The Bertz CT molecular complexity index is 1220. The lowest BCUT2D eigenvalue weighted by molar-refractivity contribution is -0.386. The molecular formula is C19H17N5O5S. The van der Waals surface area contributed by atoms with Gasteiger partial charge in [0.25, 0.3) is 5.56 Å². The van der Waals surface area contributed by atoms with E-state index in [0.29, 0.717) is 5.56 Å². The van der Waals surface area contributed by atoms with Crippen molar-refractivity contribution in [2.45, 2.75) is 13.5 Å². The quantitative estimate of drug-likeness (QED) is 0.266. The lowest BCUT2D eigenvalue weighted by atomic mass is 10.1. The third kappa shape index (κ3) is 4.58. The van der Waals surface area contributed by atoms with Crippen molar-refractivity contribution >= 4 is 24.1 Å². The standard InChI is InChI=1S/C19H17N5O5S/c1-12-18(25)23(19(30)22-21-12)20-10-14-8-15(24(26)27)17(16(9-14)28-2)29-11-13-6-4-3-5-7-13/h3-10H,11H2,1-2H3,(H,22,30)/b20-10-. The number of aromatic nitrogens is 3. The maximum Gasteiger partial charge on any atom is 0.315 e. The molecule has 154 valence electrons. The maximum absolute atomic E-state index is 12.1. The SMILES string of the molecule is COc1cc(/C=N\n2c(=S)[nH]nc(C)c2=O)cc([N+](=O)[O-])c1OCc1ccccc1. The minimum Gasteiger partial charge on any atom is -0.493 e. The first-order valence-electron chi connectivity index (χ1n) is 8.66. The molecule has 0 radical (unpaired) electrons. The number of hydrogen-bond acceptors (Lipinski definition) is 8. The molecule has 1 N–H and O–H groups in total. The second-order valence-corrected chi connectivity index (χ2v) is 6.47. The molecule has 0 spiro atoms. The fourth-order valence-electron chi connectivity index (χ4n) is 2.55. The van der Waals surface area contributed by atoms with Crippen LogP contribution < -0.4 is 15.0 Å². The van der Waals surface area contributed by atoms with Crippen LogP contribution in [-0.4, -0.2) is 33.1 Å². The van der Waals surface area contributed by atoms with Gasteiger partial charge in [-0.2, -0.15) is 14.9 Å². The zero-order chi connectivity index (χ0) is 21.7. The van der Waals surface area contributed by atoms with Crippen molar-refractivity contribution in [3.63, 3.8) is 0 Å². The number of H-pyrrole nitrogens is 1. The minimum absolute atomic E-state index is 0.00211. The highest BCUT2D eigenvalue weighted by Gasteiger charge is 2.22. The highest BCUT2D eigenvalue weighted by Crippen LogP contribution is 2.38. The molecule has 11 heteroatoms. The fraction of sp³-hybridized carbons (Fsp3) is 0.158. The fourth-order valence-corrected chi connectivity index (χ4v) is 2.72.